The number of nitrogens with zero attached hydrogens (tertiary/aromatic N) is 4. The van der Waals surface area contributed by atoms with Crippen LogP contribution in [0.15, 0.2) is 42.5 Å². The molecule has 1 amide bonds. The minimum Gasteiger partial charge on any atom is -0.324 e. The van der Waals surface area contributed by atoms with Crippen molar-refractivity contribution in [2.75, 3.05) is 5.32 Å². The Morgan fingerprint density at radius 2 is 1.89 bits per heavy atom. The van der Waals surface area contributed by atoms with Crippen LogP contribution in [-0.4, -0.2) is 26.1 Å². The lowest BCUT2D eigenvalue weighted by atomic mass is 10.1. The summed E-state index contributed by atoms with van der Waals surface area (Å²) < 4.78 is 38.6. The van der Waals surface area contributed by atoms with Gasteiger partial charge >= 0.3 is 6.18 Å². The van der Waals surface area contributed by atoms with Gasteiger partial charge in [-0.05, 0) is 30.3 Å². The lowest BCUT2D eigenvalue weighted by Gasteiger charge is -2.11. The predicted molar refractivity (Wildman–Crippen MR) is 93.1 cm³/mol. The Morgan fingerprint density at radius 3 is 2.56 bits per heavy atom. The van der Waals surface area contributed by atoms with Crippen LogP contribution in [0.5, 0.6) is 0 Å². The monoisotopic (exact) mass is 395 g/mol. The first-order valence-electron chi connectivity index (χ1n) is 7.74. The first-order valence-corrected chi connectivity index (χ1v) is 8.11. The number of nitrogens with one attached hydrogen (secondary N) is 1. The van der Waals surface area contributed by atoms with E-state index in [2.05, 4.69) is 20.7 Å². The normalized spacial score (nSPS) is 11.4. The average molecular weight is 396 g/mol. The van der Waals surface area contributed by atoms with Gasteiger partial charge in [0.2, 0.25) is 11.7 Å². The summed E-state index contributed by atoms with van der Waals surface area (Å²) in [5.74, 6) is -0.257. The Morgan fingerprint density at radius 1 is 1.19 bits per heavy atom. The van der Waals surface area contributed by atoms with Crippen LogP contribution < -0.4 is 5.32 Å². The van der Waals surface area contributed by atoms with E-state index in [1.807, 2.05) is 31.2 Å². The predicted octanol–water partition coefficient (Wildman–Crippen LogP) is 3.96. The van der Waals surface area contributed by atoms with E-state index in [0.29, 0.717) is 5.82 Å². The number of halogens is 4. The molecule has 0 saturated heterocycles. The van der Waals surface area contributed by atoms with Crippen molar-refractivity contribution in [3.8, 4) is 11.4 Å². The third-order valence-electron chi connectivity index (χ3n) is 3.60. The highest BCUT2D eigenvalue weighted by Gasteiger charge is 2.33. The summed E-state index contributed by atoms with van der Waals surface area (Å²) in [6, 6.07) is 10.5. The number of anilines is 1. The minimum atomic E-state index is -4.62. The SMILES string of the molecule is Cc1ccc(-c2nnn(CC(=O)Nc3ccc(Cl)c(C(F)(F)F)c3)n2)cc1. The van der Waals surface area contributed by atoms with Gasteiger partial charge in [0.05, 0.1) is 10.6 Å². The Hall–Kier alpha value is -2.94. The van der Waals surface area contributed by atoms with Crippen molar-refractivity contribution in [2.45, 2.75) is 19.6 Å². The molecule has 0 unspecified atom stereocenters. The second kappa shape index (κ2) is 7.36. The van der Waals surface area contributed by atoms with Crippen molar-refractivity contribution in [3.05, 3.63) is 58.6 Å². The maximum Gasteiger partial charge on any atom is 0.417 e. The van der Waals surface area contributed by atoms with Crippen LogP contribution in [0.25, 0.3) is 11.4 Å². The number of tetrazole rings is 1. The molecule has 0 radical (unpaired) electrons. The van der Waals surface area contributed by atoms with Gasteiger partial charge in [-0.2, -0.15) is 18.0 Å². The molecule has 3 aromatic rings. The minimum absolute atomic E-state index is 0.0319. The second-order valence-electron chi connectivity index (χ2n) is 5.75. The Kier molecular flexibility index (Phi) is 5.13. The van der Waals surface area contributed by atoms with Crippen molar-refractivity contribution in [1.29, 1.82) is 0 Å². The topological polar surface area (TPSA) is 72.7 Å². The Labute approximate surface area is 157 Å². The van der Waals surface area contributed by atoms with Crippen LogP contribution in [0.2, 0.25) is 5.02 Å². The molecule has 0 saturated carbocycles. The van der Waals surface area contributed by atoms with Gasteiger partial charge in [-0.15, -0.1) is 10.2 Å². The standard InChI is InChI=1S/C17H13ClF3N5O/c1-10-2-4-11(5-3-10)16-23-25-26(24-16)9-15(27)22-12-6-7-14(18)13(8-12)17(19,20)21/h2-8H,9H2,1H3,(H,22,27). The summed E-state index contributed by atoms with van der Waals surface area (Å²) in [5.41, 5.74) is 0.754. The van der Waals surface area contributed by atoms with Gasteiger partial charge in [0.1, 0.15) is 6.54 Å². The summed E-state index contributed by atoms with van der Waals surface area (Å²) in [6.07, 6.45) is -4.62. The fourth-order valence-electron chi connectivity index (χ4n) is 2.28. The largest absolute Gasteiger partial charge is 0.417 e. The molecule has 0 aliphatic rings. The Balaban J connectivity index is 1.69. The summed E-state index contributed by atoms with van der Waals surface area (Å²) >= 11 is 5.55. The number of carbonyl (C=O) groups excluding carboxylic acids is 1. The van der Waals surface area contributed by atoms with Crippen molar-refractivity contribution >= 4 is 23.2 Å². The highest BCUT2D eigenvalue weighted by atomic mass is 35.5. The number of hydrogen-bond donors (Lipinski definition) is 1. The number of benzene rings is 2. The summed E-state index contributed by atoms with van der Waals surface area (Å²) in [6.45, 7) is 1.64. The molecule has 0 spiro atoms. The van der Waals surface area contributed by atoms with Gasteiger partial charge in [0.25, 0.3) is 0 Å². The van der Waals surface area contributed by atoms with E-state index in [1.165, 1.54) is 6.07 Å². The second-order valence-corrected chi connectivity index (χ2v) is 6.16. The third-order valence-corrected chi connectivity index (χ3v) is 3.93. The van der Waals surface area contributed by atoms with Crippen LogP contribution in [-0.2, 0) is 17.5 Å². The van der Waals surface area contributed by atoms with Crippen LogP contribution in [0.3, 0.4) is 0 Å². The van der Waals surface area contributed by atoms with E-state index in [1.54, 1.807) is 0 Å². The van der Waals surface area contributed by atoms with E-state index < -0.39 is 22.7 Å². The Bertz CT molecular complexity index is 969. The number of alkyl halides is 3. The van der Waals surface area contributed by atoms with Gasteiger partial charge in [-0.25, -0.2) is 0 Å². The van der Waals surface area contributed by atoms with Crippen LogP contribution in [0.4, 0.5) is 18.9 Å². The number of rotatable bonds is 4. The zero-order valence-electron chi connectivity index (χ0n) is 14.0. The molecule has 0 bridgehead atoms. The maximum absolute atomic E-state index is 12.9. The zero-order valence-corrected chi connectivity index (χ0v) is 14.7. The highest BCUT2D eigenvalue weighted by Crippen LogP contribution is 2.36. The first-order chi connectivity index (χ1) is 12.7. The fraction of sp³-hybridized carbons (Fsp3) is 0.176. The molecule has 3 rings (SSSR count). The summed E-state index contributed by atoms with van der Waals surface area (Å²) in [7, 11) is 0. The molecule has 2 aromatic carbocycles. The van der Waals surface area contributed by atoms with E-state index in [0.717, 1.165) is 28.1 Å². The smallest absolute Gasteiger partial charge is 0.324 e. The fourth-order valence-corrected chi connectivity index (χ4v) is 2.50. The van der Waals surface area contributed by atoms with E-state index >= 15 is 0 Å². The van der Waals surface area contributed by atoms with Crippen LogP contribution >= 0.6 is 11.6 Å². The molecule has 1 aromatic heterocycles. The number of hydrogen-bond acceptors (Lipinski definition) is 4. The molecule has 6 nitrogen and oxygen atoms in total. The van der Waals surface area contributed by atoms with E-state index in [4.69, 9.17) is 11.6 Å². The molecule has 0 aliphatic heterocycles. The molecule has 0 atom stereocenters. The average Bonchev–Trinajstić information content (AvgIpc) is 3.04. The van der Waals surface area contributed by atoms with Gasteiger partial charge in [0.15, 0.2) is 0 Å². The molecule has 10 heteroatoms. The van der Waals surface area contributed by atoms with Gasteiger partial charge in [0, 0.05) is 11.3 Å². The molecular formula is C17H13ClF3N5O. The third kappa shape index (κ3) is 4.62. The lowest BCUT2D eigenvalue weighted by molar-refractivity contribution is -0.137. The number of amides is 1. The highest BCUT2D eigenvalue weighted by molar-refractivity contribution is 6.31. The quantitative estimate of drug-likeness (QED) is 0.725. The molecule has 140 valence electrons. The molecular weight excluding hydrogens is 383 g/mol. The maximum atomic E-state index is 12.9. The summed E-state index contributed by atoms with van der Waals surface area (Å²) in [5, 5.41) is 13.7. The van der Waals surface area contributed by atoms with Crippen LogP contribution in [0.1, 0.15) is 11.1 Å². The molecule has 1 N–H and O–H groups in total. The van der Waals surface area contributed by atoms with Crippen molar-refractivity contribution in [2.24, 2.45) is 0 Å². The molecule has 0 aliphatic carbocycles. The summed E-state index contributed by atoms with van der Waals surface area (Å²) in [4.78, 5) is 13.1. The van der Waals surface area contributed by atoms with Gasteiger partial charge in [-0.1, -0.05) is 41.4 Å². The molecule has 1 heterocycles. The van der Waals surface area contributed by atoms with Crippen molar-refractivity contribution in [3.63, 3.8) is 0 Å². The molecule has 0 fully saturated rings. The number of aryl methyl sites for hydroxylation is 1. The lowest BCUT2D eigenvalue weighted by Crippen LogP contribution is -2.20. The van der Waals surface area contributed by atoms with Gasteiger partial charge in [-0.3, -0.25) is 4.79 Å². The zero-order chi connectivity index (χ0) is 19.6. The first kappa shape index (κ1) is 18.8. The van der Waals surface area contributed by atoms with E-state index in [-0.39, 0.29) is 12.2 Å². The number of carbonyl (C=O) groups is 1. The van der Waals surface area contributed by atoms with Crippen LogP contribution in [0, 0.1) is 6.92 Å². The van der Waals surface area contributed by atoms with E-state index in [9.17, 15) is 18.0 Å². The van der Waals surface area contributed by atoms with Gasteiger partial charge < -0.3 is 5.32 Å². The number of aromatic nitrogens is 4. The molecule has 27 heavy (non-hydrogen) atoms. The van der Waals surface area contributed by atoms with Crippen molar-refractivity contribution in [1.82, 2.24) is 20.2 Å². The van der Waals surface area contributed by atoms with Crippen molar-refractivity contribution < 1.29 is 18.0 Å².